The highest BCUT2D eigenvalue weighted by Gasteiger charge is 2.02. The zero-order valence-electron chi connectivity index (χ0n) is 15.6. The van der Waals surface area contributed by atoms with E-state index in [0.29, 0.717) is 6.61 Å². The van der Waals surface area contributed by atoms with E-state index >= 15 is 0 Å². The zero-order valence-corrected chi connectivity index (χ0v) is 15.6. The first-order valence-corrected chi connectivity index (χ1v) is 9.73. The van der Waals surface area contributed by atoms with E-state index in [4.69, 9.17) is 4.74 Å². The smallest absolute Gasteiger partial charge is 0.411 e. The van der Waals surface area contributed by atoms with E-state index in [2.05, 4.69) is 12.2 Å². The van der Waals surface area contributed by atoms with Crippen LogP contribution in [0.15, 0.2) is 24.3 Å². The Hall–Kier alpha value is -1.51. The third-order valence-corrected chi connectivity index (χ3v) is 4.28. The van der Waals surface area contributed by atoms with Crippen LogP contribution in [0.4, 0.5) is 10.5 Å². The topological polar surface area (TPSA) is 38.3 Å². The maximum atomic E-state index is 11.6. The molecule has 24 heavy (non-hydrogen) atoms. The van der Waals surface area contributed by atoms with Crippen LogP contribution < -0.4 is 5.32 Å². The molecule has 1 aromatic carbocycles. The molecule has 1 N–H and O–H groups in total. The summed E-state index contributed by atoms with van der Waals surface area (Å²) in [5.41, 5.74) is 1.96. The Morgan fingerprint density at radius 2 is 1.33 bits per heavy atom. The van der Waals surface area contributed by atoms with Gasteiger partial charge in [0.25, 0.3) is 0 Å². The largest absolute Gasteiger partial charge is 0.449 e. The Labute approximate surface area is 148 Å². The van der Waals surface area contributed by atoms with Crippen molar-refractivity contribution >= 4 is 11.8 Å². The van der Waals surface area contributed by atoms with E-state index in [1.54, 1.807) is 0 Å². The lowest BCUT2D eigenvalue weighted by Crippen LogP contribution is -2.14. The number of rotatable bonds is 13. The van der Waals surface area contributed by atoms with Gasteiger partial charge in [-0.15, -0.1) is 0 Å². The standard InChI is InChI=1S/C21H35NO2/c1-3-4-5-6-7-8-9-10-11-12-13-18-24-21(23)22-20-16-14-19(2)15-17-20/h14-17H,3-13,18H2,1-2H3,(H,22,23). The lowest BCUT2D eigenvalue weighted by molar-refractivity contribution is 0.159. The van der Waals surface area contributed by atoms with Crippen molar-refractivity contribution in [2.24, 2.45) is 0 Å². The van der Waals surface area contributed by atoms with Crippen LogP contribution in [0, 0.1) is 6.92 Å². The maximum Gasteiger partial charge on any atom is 0.411 e. The van der Waals surface area contributed by atoms with Crippen molar-refractivity contribution < 1.29 is 9.53 Å². The Morgan fingerprint density at radius 3 is 1.88 bits per heavy atom. The van der Waals surface area contributed by atoms with Crippen LogP contribution in [-0.4, -0.2) is 12.7 Å². The summed E-state index contributed by atoms with van der Waals surface area (Å²) in [6.07, 6.45) is 13.9. The second-order valence-electron chi connectivity index (χ2n) is 6.66. The molecule has 136 valence electrons. The summed E-state index contributed by atoms with van der Waals surface area (Å²) in [7, 11) is 0. The molecule has 0 fully saturated rings. The number of ether oxygens (including phenoxy) is 1. The quantitative estimate of drug-likeness (QED) is 0.401. The Balaban J connectivity index is 1.87. The van der Waals surface area contributed by atoms with Crippen LogP contribution in [0.25, 0.3) is 0 Å². The number of amides is 1. The number of nitrogens with one attached hydrogen (secondary N) is 1. The van der Waals surface area contributed by atoms with Gasteiger partial charge in [0.1, 0.15) is 0 Å². The summed E-state index contributed by atoms with van der Waals surface area (Å²) < 4.78 is 5.21. The lowest BCUT2D eigenvalue weighted by Gasteiger charge is -2.07. The fraction of sp³-hybridized carbons (Fsp3) is 0.667. The van der Waals surface area contributed by atoms with Crippen molar-refractivity contribution in [1.82, 2.24) is 0 Å². The Bertz CT molecular complexity index is 428. The molecule has 0 saturated heterocycles. The molecule has 0 aromatic heterocycles. The first-order chi connectivity index (χ1) is 11.7. The highest BCUT2D eigenvalue weighted by Crippen LogP contribution is 2.12. The molecule has 0 spiro atoms. The van der Waals surface area contributed by atoms with E-state index in [1.807, 2.05) is 31.2 Å². The van der Waals surface area contributed by atoms with E-state index in [0.717, 1.165) is 18.5 Å². The highest BCUT2D eigenvalue weighted by atomic mass is 16.5. The van der Waals surface area contributed by atoms with Gasteiger partial charge < -0.3 is 4.74 Å². The fourth-order valence-corrected chi connectivity index (χ4v) is 2.72. The average molecular weight is 334 g/mol. The fourth-order valence-electron chi connectivity index (χ4n) is 2.72. The molecule has 0 aliphatic rings. The molecule has 0 unspecified atom stereocenters. The van der Waals surface area contributed by atoms with Gasteiger partial charge >= 0.3 is 6.09 Å². The van der Waals surface area contributed by atoms with E-state index in [1.165, 1.54) is 63.4 Å². The predicted octanol–water partition coefficient (Wildman–Crippen LogP) is 6.85. The van der Waals surface area contributed by atoms with E-state index in [9.17, 15) is 4.79 Å². The van der Waals surface area contributed by atoms with Crippen molar-refractivity contribution in [3.8, 4) is 0 Å². The first-order valence-electron chi connectivity index (χ1n) is 9.73. The molecule has 3 heteroatoms. The monoisotopic (exact) mass is 333 g/mol. The number of hydrogen-bond acceptors (Lipinski definition) is 2. The van der Waals surface area contributed by atoms with Gasteiger partial charge in [-0.1, -0.05) is 88.8 Å². The summed E-state index contributed by atoms with van der Waals surface area (Å²) in [6, 6.07) is 7.72. The summed E-state index contributed by atoms with van der Waals surface area (Å²) in [5.74, 6) is 0. The normalized spacial score (nSPS) is 10.6. The van der Waals surface area contributed by atoms with Gasteiger partial charge in [-0.25, -0.2) is 4.79 Å². The van der Waals surface area contributed by atoms with Crippen LogP contribution >= 0.6 is 0 Å². The molecule has 1 aromatic rings. The van der Waals surface area contributed by atoms with Crippen LogP contribution in [0.5, 0.6) is 0 Å². The Kier molecular flexibility index (Phi) is 11.9. The minimum Gasteiger partial charge on any atom is -0.449 e. The molecule has 1 amide bonds. The van der Waals surface area contributed by atoms with Gasteiger partial charge in [0, 0.05) is 5.69 Å². The second-order valence-corrected chi connectivity index (χ2v) is 6.66. The number of aryl methyl sites for hydroxylation is 1. The summed E-state index contributed by atoms with van der Waals surface area (Å²) >= 11 is 0. The van der Waals surface area contributed by atoms with Crippen molar-refractivity contribution in [1.29, 1.82) is 0 Å². The minimum absolute atomic E-state index is 0.356. The summed E-state index contributed by atoms with van der Waals surface area (Å²) in [4.78, 5) is 11.6. The van der Waals surface area contributed by atoms with Crippen LogP contribution in [0.2, 0.25) is 0 Å². The minimum atomic E-state index is -0.356. The van der Waals surface area contributed by atoms with E-state index < -0.39 is 0 Å². The van der Waals surface area contributed by atoms with Crippen LogP contribution in [0.3, 0.4) is 0 Å². The zero-order chi connectivity index (χ0) is 17.5. The van der Waals surface area contributed by atoms with Crippen molar-refractivity contribution in [2.75, 3.05) is 11.9 Å². The number of unbranched alkanes of at least 4 members (excludes halogenated alkanes) is 10. The van der Waals surface area contributed by atoms with Crippen molar-refractivity contribution in [2.45, 2.75) is 84.5 Å². The molecule has 0 aliphatic heterocycles. The lowest BCUT2D eigenvalue weighted by atomic mass is 10.1. The molecule has 1 rings (SSSR count). The number of anilines is 1. The third-order valence-electron chi connectivity index (χ3n) is 4.28. The maximum absolute atomic E-state index is 11.6. The highest BCUT2D eigenvalue weighted by molar-refractivity contribution is 5.84. The summed E-state index contributed by atoms with van der Waals surface area (Å²) in [5, 5.41) is 2.75. The number of benzene rings is 1. The van der Waals surface area contributed by atoms with Gasteiger partial charge in [0.2, 0.25) is 0 Å². The molecular weight excluding hydrogens is 298 g/mol. The molecule has 0 atom stereocenters. The molecule has 0 heterocycles. The average Bonchev–Trinajstić information content (AvgIpc) is 2.58. The molecule has 0 bridgehead atoms. The molecule has 0 aliphatic carbocycles. The number of carbonyl (C=O) groups excluding carboxylic acids is 1. The molecule has 0 radical (unpaired) electrons. The second kappa shape index (κ2) is 13.9. The SMILES string of the molecule is CCCCCCCCCCCCCOC(=O)Nc1ccc(C)cc1. The van der Waals surface area contributed by atoms with Crippen molar-refractivity contribution in [3.63, 3.8) is 0 Å². The van der Waals surface area contributed by atoms with Crippen molar-refractivity contribution in [3.05, 3.63) is 29.8 Å². The van der Waals surface area contributed by atoms with Gasteiger partial charge in [0.15, 0.2) is 0 Å². The summed E-state index contributed by atoms with van der Waals surface area (Å²) in [6.45, 7) is 4.79. The van der Waals surface area contributed by atoms with Gasteiger partial charge in [-0.3, -0.25) is 5.32 Å². The predicted molar refractivity (Wildman–Crippen MR) is 103 cm³/mol. The third kappa shape index (κ3) is 11.1. The number of hydrogen-bond donors (Lipinski definition) is 1. The Morgan fingerprint density at radius 1 is 0.833 bits per heavy atom. The molecule has 3 nitrogen and oxygen atoms in total. The molecule has 0 saturated carbocycles. The van der Waals surface area contributed by atoms with Crippen LogP contribution in [0.1, 0.15) is 83.1 Å². The first kappa shape index (κ1) is 20.5. The number of carbonyl (C=O) groups is 1. The molecular formula is C21H35NO2. The van der Waals surface area contributed by atoms with Crippen LogP contribution in [-0.2, 0) is 4.74 Å². The van der Waals surface area contributed by atoms with Gasteiger partial charge in [-0.2, -0.15) is 0 Å². The van der Waals surface area contributed by atoms with E-state index in [-0.39, 0.29) is 6.09 Å². The van der Waals surface area contributed by atoms with Gasteiger partial charge in [-0.05, 0) is 25.5 Å². The van der Waals surface area contributed by atoms with Gasteiger partial charge in [0.05, 0.1) is 6.61 Å².